The van der Waals surface area contributed by atoms with E-state index in [1.54, 1.807) is 0 Å². The Morgan fingerprint density at radius 1 is 1.19 bits per heavy atom. The molecule has 0 aliphatic heterocycles. The highest BCUT2D eigenvalue weighted by molar-refractivity contribution is 5.31. The average Bonchev–Trinajstić information content (AvgIpc) is 2.84. The number of rotatable bonds is 7. The van der Waals surface area contributed by atoms with Crippen LogP contribution in [-0.2, 0) is 13.0 Å². The Morgan fingerprint density at radius 3 is 2.62 bits per heavy atom. The molecule has 21 heavy (non-hydrogen) atoms. The maximum atomic E-state index is 4.57. The first kappa shape index (κ1) is 15.8. The van der Waals surface area contributed by atoms with Crippen LogP contribution in [0.5, 0.6) is 0 Å². The van der Waals surface area contributed by atoms with Gasteiger partial charge in [-0.3, -0.25) is 4.68 Å². The molecule has 3 heteroatoms. The van der Waals surface area contributed by atoms with Gasteiger partial charge in [-0.15, -0.1) is 0 Å². The molecular weight excluding hydrogens is 258 g/mol. The summed E-state index contributed by atoms with van der Waals surface area (Å²) in [5.74, 6) is 0.493. The van der Waals surface area contributed by atoms with Crippen molar-refractivity contribution in [2.75, 3.05) is 13.1 Å². The minimum Gasteiger partial charge on any atom is -0.316 e. The van der Waals surface area contributed by atoms with Crippen molar-refractivity contribution in [2.24, 2.45) is 0 Å². The van der Waals surface area contributed by atoms with Crippen molar-refractivity contribution in [3.8, 4) is 0 Å². The number of aromatic nitrogens is 2. The summed E-state index contributed by atoms with van der Waals surface area (Å²) in [5, 5.41) is 8.08. The molecule has 0 spiro atoms. The number of hydrogen-bond donors (Lipinski definition) is 1. The van der Waals surface area contributed by atoms with E-state index in [2.05, 4.69) is 73.1 Å². The van der Waals surface area contributed by atoms with Gasteiger partial charge in [0.05, 0.1) is 5.69 Å². The topological polar surface area (TPSA) is 29.9 Å². The van der Waals surface area contributed by atoms with Gasteiger partial charge in [0.2, 0.25) is 0 Å². The molecule has 1 heterocycles. The second kappa shape index (κ2) is 7.41. The lowest BCUT2D eigenvalue weighted by Gasteiger charge is -2.20. The second-order valence-corrected chi connectivity index (χ2v) is 5.66. The first-order valence-corrected chi connectivity index (χ1v) is 7.95. The average molecular weight is 285 g/mol. The highest BCUT2D eigenvalue weighted by Crippen LogP contribution is 2.24. The Hall–Kier alpha value is -1.61. The van der Waals surface area contributed by atoms with Gasteiger partial charge in [-0.05, 0) is 50.9 Å². The van der Waals surface area contributed by atoms with E-state index in [0.717, 1.165) is 31.7 Å². The van der Waals surface area contributed by atoms with Crippen molar-refractivity contribution in [1.82, 2.24) is 15.1 Å². The molecule has 1 N–H and O–H groups in total. The summed E-state index contributed by atoms with van der Waals surface area (Å²) in [6, 6.07) is 10.9. The lowest BCUT2D eigenvalue weighted by atomic mass is 9.90. The highest BCUT2D eigenvalue weighted by Gasteiger charge is 2.16. The molecule has 0 aliphatic rings. The third-order valence-corrected chi connectivity index (χ3v) is 4.01. The molecular formula is C18H27N3. The molecule has 0 saturated carbocycles. The van der Waals surface area contributed by atoms with Crippen LogP contribution in [0.1, 0.15) is 42.3 Å². The van der Waals surface area contributed by atoms with Crippen LogP contribution in [0.15, 0.2) is 30.3 Å². The molecule has 2 aromatic rings. The third kappa shape index (κ3) is 3.94. The first-order chi connectivity index (χ1) is 10.2. The number of likely N-dealkylation sites (N-methyl/N-ethyl adjacent to an activating group) is 1. The van der Waals surface area contributed by atoms with Crippen LogP contribution < -0.4 is 5.32 Å². The van der Waals surface area contributed by atoms with Crippen molar-refractivity contribution in [2.45, 2.75) is 46.6 Å². The highest BCUT2D eigenvalue weighted by atomic mass is 15.3. The fourth-order valence-electron chi connectivity index (χ4n) is 2.95. The van der Waals surface area contributed by atoms with Crippen LogP contribution in [-0.4, -0.2) is 22.9 Å². The van der Waals surface area contributed by atoms with E-state index >= 15 is 0 Å². The molecule has 1 unspecified atom stereocenters. The van der Waals surface area contributed by atoms with E-state index in [1.165, 1.54) is 16.8 Å². The molecule has 0 fully saturated rings. The molecule has 0 amide bonds. The van der Waals surface area contributed by atoms with Gasteiger partial charge in [-0.1, -0.05) is 31.2 Å². The Balaban J connectivity index is 2.26. The van der Waals surface area contributed by atoms with Crippen molar-refractivity contribution < 1.29 is 0 Å². The normalized spacial score (nSPS) is 12.6. The molecule has 2 rings (SSSR count). The Labute approximate surface area is 128 Å². The summed E-state index contributed by atoms with van der Waals surface area (Å²) in [6.45, 7) is 11.5. The van der Waals surface area contributed by atoms with E-state index in [-0.39, 0.29) is 0 Å². The summed E-state index contributed by atoms with van der Waals surface area (Å²) in [4.78, 5) is 0. The van der Waals surface area contributed by atoms with Crippen LogP contribution in [0.4, 0.5) is 0 Å². The van der Waals surface area contributed by atoms with Gasteiger partial charge in [0, 0.05) is 24.7 Å². The van der Waals surface area contributed by atoms with Gasteiger partial charge in [-0.2, -0.15) is 5.10 Å². The van der Waals surface area contributed by atoms with Crippen molar-refractivity contribution in [3.05, 3.63) is 52.8 Å². The van der Waals surface area contributed by atoms with Gasteiger partial charge < -0.3 is 5.32 Å². The second-order valence-electron chi connectivity index (χ2n) is 5.66. The number of nitrogens with one attached hydrogen (secondary N) is 1. The Morgan fingerprint density at radius 2 is 1.95 bits per heavy atom. The fraction of sp³-hybridized carbons (Fsp3) is 0.500. The number of aryl methyl sites for hydroxylation is 3. The summed E-state index contributed by atoms with van der Waals surface area (Å²) in [5.41, 5.74) is 5.26. The summed E-state index contributed by atoms with van der Waals surface area (Å²) in [7, 11) is 0. The van der Waals surface area contributed by atoms with E-state index in [0.29, 0.717) is 5.92 Å². The zero-order valence-electron chi connectivity index (χ0n) is 13.7. The largest absolute Gasteiger partial charge is 0.316 e. The van der Waals surface area contributed by atoms with Crippen molar-refractivity contribution in [1.29, 1.82) is 0 Å². The summed E-state index contributed by atoms with van der Waals surface area (Å²) in [6.07, 6.45) is 1.03. The van der Waals surface area contributed by atoms with Crippen LogP contribution in [0.25, 0.3) is 0 Å². The summed E-state index contributed by atoms with van der Waals surface area (Å²) < 4.78 is 2.13. The maximum absolute atomic E-state index is 4.57. The quantitative estimate of drug-likeness (QED) is 0.844. The zero-order valence-corrected chi connectivity index (χ0v) is 13.7. The number of benzene rings is 1. The van der Waals surface area contributed by atoms with Crippen LogP contribution in [0, 0.1) is 13.8 Å². The monoisotopic (exact) mass is 285 g/mol. The molecule has 1 aromatic carbocycles. The minimum atomic E-state index is 0.493. The van der Waals surface area contributed by atoms with Gasteiger partial charge in [0.25, 0.3) is 0 Å². The van der Waals surface area contributed by atoms with Crippen molar-refractivity contribution in [3.63, 3.8) is 0 Å². The molecule has 1 atom stereocenters. The molecule has 0 bridgehead atoms. The van der Waals surface area contributed by atoms with E-state index in [1.807, 2.05) is 0 Å². The molecule has 0 radical (unpaired) electrons. The predicted octanol–water partition coefficient (Wildman–Crippen LogP) is 3.46. The summed E-state index contributed by atoms with van der Waals surface area (Å²) >= 11 is 0. The van der Waals surface area contributed by atoms with Crippen LogP contribution >= 0.6 is 0 Å². The van der Waals surface area contributed by atoms with E-state index in [4.69, 9.17) is 0 Å². The van der Waals surface area contributed by atoms with Gasteiger partial charge in [-0.25, -0.2) is 0 Å². The standard InChI is InChI=1S/C18H27N3/c1-5-19-13-16(18-10-8-7-9-14(18)3)12-17-11-15(4)20-21(17)6-2/h7-11,16,19H,5-6,12-13H2,1-4H3. The lowest BCUT2D eigenvalue weighted by molar-refractivity contribution is 0.549. The molecule has 3 nitrogen and oxygen atoms in total. The molecule has 0 aliphatic carbocycles. The molecule has 1 aromatic heterocycles. The third-order valence-electron chi connectivity index (χ3n) is 4.01. The fourth-order valence-corrected chi connectivity index (χ4v) is 2.95. The SMILES string of the molecule is CCNCC(Cc1cc(C)nn1CC)c1ccccc1C. The lowest BCUT2D eigenvalue weighted by Crippen LogP contribution is -2.24. The number of nitrogens with zero attached hydrogens (tertiary/aromatic N) is 2. The van der Waals surface area contributed by atoms with Gasteiger partial charge in [0.15, 0.2) is 0 Å². The Bertz CT molecular complexity index is 572. The molecule has 0 saturated heterocycles. The Kier molecular flexibility index (Phi) is 5.57. The zero-order chi connectivity index (χ0) is 15.2. The molecule has 114 valence electrons. The minimum absolute atomic E-state index is 0.493. The smallest absolute Gasteiger partial charge is 0.0596 e. The van der Waals surface area contributed by atoms with E-state index in [9.17, 15) is 0 Å². The first-order valence-electron chi connectivity index (χ1n) is 7.95. The predicted molar refractivity (Wildman–Crippen MR) is 88.8 cm³/mol. The number of hydrogen-bond acceptors (Lipinski definition) is 2. The van der Waals surface area contributed by atoms with Gasteiger partial charge >= 0.3 is 0 Å². The van der Waals surface area contributed by atoms with Gasteiger partial charge in [0.1, 0.15) is 0 Å². The van der Waals surface area contributed by atoms with Crippen LogP contribution in [0.2, 0.25) is 0 Å². The van der Waals surface area contributed by atoms with Crippen molar-refractivity contribution >= 4 is 0 Å². The van der Waals surface area contributed by atoms with Crippen LogP contribution in [0.3, 0.4) is 0 Å². The maximum Gasteiger partial charge on any atom is 0.0596 e. The van der Waals surface area contributed by atoms with E-state index < -0.39 is 0 Å².